The van der Waals surface area contributed by atoms with E-state index in [0.29, 0.717) is 17.1 Å². The van der Waals surface area contributed by atoms with Crippen LogP contribution in [0, 0.1) is 0 Å². The van der Waals surface area contributed by atoms with E-state index in [1.807, 2.05) is 11.9 Å². The number of amides is 2. The number of nitrogens with one attached hydrogen (secondary N) is 1. The molecule has 2 aromatic rings. The van der Waals surface area contributed by atoms with E-state index in [1.54, 1.807) is 0 Å². The SMILES string of the molecule is CN(CC(=O)Nc1sc2c(c1C(N)=O)CCCC2)Cc1ccccc1N1CCCC1. The minimum absolute atomic E-state index is 0.114. The van der Waals surface area contributed by atoms with Gasteiger partial charge in [-0.2, -0.15) is 0 Å². The highest BCUT2D eigenvalue weighted by Crippen LogP contribution is 2.37. The number of primary amides is 1. The molecule has 2 aliphatic rings. The molecule has 1 fully saturated rings. The van der Waals surface area contributed by atoms with E-state index in [1.165, 1.54) is 40.3 Å². The van der Waals surface area contributed by atoms with Gasteiger partial charge in [0.15, 0.2) is 0 Å². The molecule has 2 amide bonds. The first-order valence-corrected chi connectivity index (χ1v) is 11.6. The predicted octanol–water partition coefficient (Wildman–Crippen LogP) is 3.40. The van der Waals surface area contributed by atoms with Crippen molar-refractivity contribution in [2.75, 3.05) is 36.9 Å². The van der Waals surface area contributed by atoms with Crippen LogP contribution in [-0.4, -0.2) is 43.4 Å². The second kappa shape index (κ2) is 9.18. The van der Waals surface area contributed by atoms with Crippen LogP contribution in [0.15, 0.2) is 24.3 Å². The molecule has 1 aliphatic heterocycles. The Labute approximate surface area is 182 Å². The van der Waals surface area contributed by atoms with Crippen molar-refractivity contribution in [3.8, 4) is 0 Å². The first-order chi connectivity index (χ1) is 14.5. The molecule has 2 heterocycles. The van der Waals surface area contributed by atoms with Gasteiger partial charge in [-0.15, -0.1) is 11.3 Å². The number of hydrogen-bond acceptors (Lipinski definition) is 5. The number of rotatable bonds is 7. The molecule has 30 heavy (non-hydrogen) atoms. The topological polar surface area (TPSA) is 78.7 Å². The van der Waals surface area contributed by atoms with Crippen molar-refractivity contribution in [2.45, 2.75) is 45.1 Å². The Bertz CT molecular complexity index is 933. The van der Waals surface area contributed by atoms with E-state index in [2.05, 4.69) is 34.5 Å². The summed E-state index contributed by atoms with van der Waals surface area (Å²) in [6, 6.07) is 8.44. The van der Waals surface area contributed by atoms with Gasteiger partial charge in [0.1, 0.15) is 5.00 Å². The van der Waals surface area contributed by atoms with Gasteiger partial charge in [0.05, 0.1) is 12.1 Å². The average Bonchev–Trinajstić information content (AvgIpc) is 3.35. The lowest BCUT2D eigenvalue weighted by Gasteiger charge is -2.24. The van der Waals surface area contributed by atoms with Crippen molar-refractivity contribution in [3.05, 3.63) is 45.8 Å². The van der Waals surface area contributed by atoms with Gasteiger partial charge in [0.25, 0.3) is 5.91 Å². The number of aryl methyl sites for hydroxylation is 1. The number of thiophene rings is 1. The average molecular weight is 427 g/mol. The number of carbonyl (C=O) groups is 2. The summed E-state index contributed by atoms with van der Waals surface area (Å²) in [5.74, 6) is -0.560. The lowest BCUT2D eigenvalue weighted by Crippen LogP contribution is -2.31. The van der Waals surface area contributed by atoms with Gasteiger partial charge in [0, 0.05) is 30.2 Å². The molecule has 1 aliphatic carbocycles. The monoisotopic (exact) mass is 426 g/mol. The van der Waals surface area contributed by atoms with Crippen molar-refractivity contribution in [2.24, 2.45) is 5.73 Å². The summed E-state index contributed by atoms with van der Waals surface area (Å²) in [4.78, 5) is 30.4. The normalized spacial score (nSPS) is 16.0. The summed E-state index contributed by atoms with van der Waals surface area (Å²) in [6.45, 7) is 3.15. The number of benzene rings is 1. The van der Waals surface area contributed by atoms with E-state index in [4.69, 9.17) is 5.73 Å². The molecule has 1 aromatic carbocycles. The lowest BCUT2D eigenvalue weighted by atomic mass is 9.95. The number of fused-ring (bicyclic) bond motifs is 1. The Morgan fingerprint density at radius 2 is 1.87 bits per heavy atom. The molecule has 0 unspecified atom stereocenters. The van der Waals surface area contributed by atoms with E-state index in [-0.39, 0.29) is 12.5 Å². The number of carbonyl (C=O) groups excluding carboxylic acids is 2. The molecule has 0 atom stereocenters. The molecule has 0 spiro atoms. The predicted molar refractivity (Wildman–Crippen MR) is 122 cm³/mol. The first kappa shape index (κ1) is 20.9. The molecule has 4 rings (SSSR count). The summed E-state index contributed by atoms with van der Waals surface area (Å²) in [6.07, 6.45) is 6.49. The van der Waals surface area contributed by atoms with Crippen LogP contribution in [0.1, 0.15) is 52.0 Å². The van der Waals surface area contributed by atoms with E-state index in [9.17, 15) is 9.59 Å². The van der Waals surface area contributed by atoms with E-state index >= 15 is 0 Å². The van der Waals surface area contributed by atoms with Gasteiger partial charge >= 0.3 is 0 Å². The van der Waals surface area contributed by atoms with Crippen LogP contribution in [0.4, 0.5) is 10.7 Å². The third kappa shape index (κ3) is 4.52. The maximum absolute atomic E-state index is 12.7. The van der Waals surface area contributed by atoms with Crippen LogP contribution in [-0.2, 0) is 24.2 Å². The molecule has 0 saturated carbocycles. The Morgan fingerprint density at radius 1 is 1.13 bits per heavy atom. The zero-order valence-corrected chi connectivity index (χ0v) is 18.4. The van der Waals surface area contributed by atoms with Crippen molar-refractivity contribution < 1.29 is 9.59 Å². The highest BCUT2D eigenvalue weighted by Gasteiger charge is 2.25. The number of para-hydroxylation sites is 1. The van der Waals surface area contributed by atoms with Crippen LogP contribution in [0.5, 0.6) is 0 Å². The summed E-state index contributed by atoms with van der Waals surface area (Å²) < 4.78 is 0. The summed E-state index contributed by atoms with van der Waals surface area (Å²) in [5, 5.41) is 3.58. The molecular formula is C23H30N4O2S. The van der Waals surface area contributed by atoms with Crippen LogP contribution >= 0.6 is 11.3 Å². The van der Waals surface area contributed by atoms with Gasteiger partial charge in [-0.3, -0.25) is 14.5 Å². The van der Waals surface area contributed by atoms with Crippen molar-refractivity contribution >= 4 is 33.8 Å². The van der Waals surface area contributed by atoms with E-state index < -0.39 is 5.91 Å². The second-order valence-electron chi connectivity index (χ2n) is 8.32. The molecule has 6 nitrogen and oxygen atoms in total. The maximum atomic E-state index is 12.7. The molecule has 1 saturated heterocycles. The van der Waals surface area contributed by atoms with Crippen LogP contribution in [0.3, 0.4) is 0 Å². The van der Waals surface area contributed by atoms with Crippen molar-refractivity contribution in [1.82, 2.24) is 4.90 Å². The second-order valence-corrected chi connectivity index (χ2v) is 9.43. The Kier molecular flexibility index (Phi) is 6.39. The van der Waals surface area contributed by atoms with E-state index in [0.717, 1.165) is 44.3 Å². The quantitative estimate of drug-likeness (QED) is 0.711. The molecule has 160 valence electrons. The van der Waals surface area contributed by atoms with Crippen LogP contribution < -0.4 is 16.0 Å². The first-order valence-electron chi connectivity index (χ1n) is 10.8. The third-order valence-corrected chi connectivity index (χ3v) is 7.17. The molecule has 0 radical (unpaired) electrons. The number of anilines is 2. The standard InChI is InChI=1S/C23H30N4O2S/c1-26(14-16-8-2-4-10-18(16)27-12-6-7-13-27)15-20(28)25-23-21(22(24)29)17-9-3-5-11-19(17)30-23/h2,4,8,10H,3,5-7,9,11-15H2,1H3,(H2,24,29)(H,25,28). The molecule has 0 bridgehead atoms. The summed E-state index contributed by atoms with van der Waals surface area (Å²) in [7, 11) is 1.95. The van der Waals surface area contributed by atoms with Crippen molar-refractivity contribution in [3.63, 3.8) is 0 Å². The molecular weight excluding hydrogens is 396 g/mol. The van der Waals surface area contributed by atoms with Gasteiger partial charge in [-0.1, -0.05) is 18.2 Å². The maximum Gasteiger partial charge on any atom is 0.251 e. The Hall–Kier alpha value is -2.38. The van der Waals surface area contributed by atoms with Crippen LogP contribution in [0.2, 0.25) is 0 Å². The highest BCUT2D eigenvalue weighted by atomic mass is 32.1. The summed E-state index contributed by atoms with van der Waals surface area (Å²) >= 11 is 1.51. The van der Waals surface area contributed by atoms with Gasteiger partial charge in [-0.05, 0) is 62.8 Å². The zero-order valence-electron chi connectivity index (χ0n) is 17.6. The third-order valence-electron chi connectivity index (χ3n) is 5.96. The fourth-order valence-corrected chi connectivity index (χ4v) is 5.89. The number of likely N-dealkylation sites (N-methyl/N-ethyl adjacent to an activating group) is 1. The number of nitrogens with zero attached hydrogens (tertiary/aromatic N) is 2. The molecule has 1 aromatic heterocycles. The zero-order chi connectivity index (χ0) is 21.1. The fourth-order valence-electron chi connectivity index (χ4n) is 4.58. The highest BCUT2D eigenvalue weighted by molar-refractivity contribution is 7.17. The van der Waals surface area contributed by atoms with Gasteiger partial charge < -0.3 is 16.0 Å². The smallest absolute Gasteiger partial charge is 0.251 e. The number of nitrogens with two attached hydrogens (primary N) is 1. The molecule has 7 heteroatoms. The van der Waals surface area contributed by atoms with Gasteiger partial charge in [-0.25, -0.2) is 0 Å². The van der Waals surface area contributed by atoms with Gasteiger partial charge in [0.2, 0.25) is 5.91 Å². The minimum atomic E-state index is -0.447. The largest absolute Gasteiger partial charge is 0.371 e. The number of hydrogen-bond donors (Lipinski definition) is 2. The Balaban J connectivity index is 1.42. The lowest BCUT2D eigenvalue weighted by molar-refractivity contribution is -0.117. The summed E-state index contributed by atoms with van der Waals surface area (Å²) in [5.41, 5.74) is 9.71. The Morgan fingerprint density at radius 3 is 2.63 bits per heavy atom. The van der Waals surface area contributed by atoms with Crippen LogP contribution in [0.25, 0.3) is 0 Å². The molecule has 3 N–H and O–H groups in total. The fraction of sp³-hybridized carbons (Fsp3) is 0.478. The minimum Gasteiger partial charge on any atom is -0.371 e. The van der Waals surface area contributed by atoms with Crippen molar-refractivity contribution in [1.29, 1.82) is 0 Å².